The second kappa shape index (κ2) is 8.50. The molecule has 2 aromatic heterocycles. The second-order valence-electron chi connectivity index (χ2n) is 6.73. The van der Waals surface area contributed by atoms with E-state index in [9.17, 15) is 4.79 Å². The summed E-state index contributed by atoms with van der Waals surface area (Å²) < 4.78 is 7.11. The average molecular weight is 420 g/mol. The molecule has 9 heteroatoms. The number of thioether (sulfide) groups is 1. The third-order valence-corrected chi connectivity index (χ3v) is 5.58. The number of hydrogen-bond donors (Lipinski definition) is 0. The summed E-state index contributed by atoms with van der Waals surface area (Å²) >= 11 is 1.31. The fourth-order valence-electron chi connectivity index (χ4n) is 2.85. The van der Waals surface area contributed by atoms with Gasteiger partial charge >= 0.3 is 0 Å². The zero-order valence-corrected chi connectivity index (χ0v) is 17.6. The summed E-state index contributed by atoms with van der Waals surface area (Å²) in [6.45, 7) is 2.00. The van der Waals surface area contributed by atoms with Crippen molar-refractivity contribution in [3.63, 3.8) is 0 Å². The Kier molecular flexibility index (Phi) is 5.62. The highest BCUT2D eigenvalue weighted by Crippen LogP contribution is 2.24. The smallest absolute Gasteiger partial charge is 0.296 e. The highest BCUT2D eigenvalue weighted by atomic mass is 32.2. The van der Waals surface area contributed by atoms with Crippen LogP contribution in [0.5, 0.6) is 0 Å². The van der Waals surface area contributed by atoms with Crippen molar-refractivity contribution >= 4 is 23.4 Å². The van der Waals surface area contributed by atoms with Crippen LogP contribution in [0.25, 0.3) is 23.1 Å². The highest BCUT2D eigenvalue weighted by molar-refractivity contribution is 7.99. The maximum absolute atomic E-state index is 12.6. The molecule has 0 bridgehead atoms. The van der Waals surface area contributed by atoms with E-state index in [0.717, 1.165) is 16.8 Å². The summed E-state index contributed by atoms with van der Waals surface area (Å²) in [5, 5.41) is 12.9. The zero-order chi connectivity index (χ0) is 21.1. The van der Waals surface area contributed by atoms with Gasteiger partial charge in [-0.3, -0.25) is 4.79 Å². The molecule has 0 aliphatic carbocycles. The van der Waals surface area contributed by atoms with E-state index in [0.29, 0.717) is 16.8 Å². The van der Waals surface area contributed by atoms with Crippen molar-refractivity contribution in [2.45, 2.75) is 12.1 Å². The van der Waals surface area contributed by atoms with Crippen LogP contribution in [0, 0.1) is 6.92 Å². The molecule has 0 spiro atoms. The lowest BCUT2D eigenvalue weighted by molar-refractivity contribution is -0.115. The second-order valence-corrected chi connectivity index (χ2v) is 7.68. The minimum absolute atomic E-state index is 0.0284. The van der Waals surface area contributed by atoms with Crippen molar-refractivity contribution in [2.75, 3.05) is 17.7 Å². The van der Waals surface area contributed by atoms with Crippen LogP contribution in [-0.2, 0) is 11.8 Å². The van der Waals surface area contributed by atoms with E-state index >= 15 is 0 Å². The topological polar surface area (TPSA) is 89.9 Å². The van der Waals surface area contributed by atoms with Crippen molar-refractivity contribution in [1.29, 1.82) is 0 Å². The number of rotatable bonds is 6. The van der Waals surface area contributed by atoms with Crippen LogP contribution in [0.2, 0.25) is 0 Å². The Balaban J connectivity index is 1.45. The van der Waals surface area contributed by atoms with Crippen LogP contribution in [0.1, 0.15) is 5.56 Å². The fourth-order valence-corrected chi connectivity index (χ4v) is 3.67. The van der Waals surface area contributed by atoms with Crippen molar-refractivity contribution in [1.82, 2.24) is 24.9 Å². The van der Waals surface area contributed by atoms with Crippen molar-refractivity contribution in [2.24, 2.45) is 7.05 Å². The molecule has 0 fully saturated rings. The monoisotopic (exact) mass is 420 g/mol. The first kappa shape index (κ1) is 19.8. The molecular weight excluding hydrogens is 400 g/mol. The number of nitrogens with zero attached hydrogens (tertiary/aromatic N) is 6. The van der Waals surface area contributed by atoms with Crippen LogP contribution in [0.3, 0.4) is 0 Å². The number of carbonyl (C=O) groups excluding carboxylic acids is 1. The molecule has 2 heterocycles. The number of aryl methyl sites for hydroxylation is 1. The molecule has 0 atom stereocenters. The first-order chi connectivity index (χ1) is 14.5. The SMILES string of the molecule is Cc1cccc(N(C)C(=O)CSc2nnc(-c3nc(-c4ccccc4)no3)n2C)c1. The largest absolute Gasteiger partial charge is 0.330 e. The molecule has 0 aliphatic heterocycles. The summed E-state index contributed by atoms with van der Waals surface area (Å²) in [6.07, 6.45) is 0. The standard InChI is InChI=1S/C21H20N6O2S/c1-14-8-7-11-16(12-14)26(2)17(28)13-30-21-24-23-19(27(21)3)20-22-18(25-29-20)15-9-5-4-6-10-15/h4-12H,13H2,1-3H3. The van der Waals surface area contributed by atoms with E-state index in [-0.39, 0.29) is 17.6 Å². The fraction of sp³-hybridized carbons (Fsp3) is 0.190. The van der Waals surface area contributed by atoms with Gasteiger partial charge in [-0.25, -0.2) is 0 Å². The summed E-state index contributed by atoms with van der Waals surface area (Å²) in [6, 6.07) is 17.4. The number of amides is 1. The molecule has 1 amide bonds. The van der Waals surface area contributed by atoms with Crippen LogP contribution in [-0.4, -0.2) is 43.6 Å². The molecule has 4 rings (SSSR count). The molecule has 152 valence electrons. The molecule has 0 saturated carbocycles. The van der Waals surface area contributed by atoms with Crippen molar-refractivity contribution in [3.05, 3.63) is 60.2 Å². The first-order valence-electron chi connectivity index (χ1n) is 9.28. The molecule has 0 N–H and O–H groups in total. The molecule has 0 saturated heterocycles. The molecule has 30 heavy (non-hydrogen) atoms. The van der Waals surface area contributed by atoms with Gasteiger partial charge < -0.3 is 14.0 Å². The van der Waals surface area contributed by atoms with Crippen LogP contribution < -0.4 is 4.90 Å². The predicted octanol–water partition coefficient (Wildman–Crippen LogP) is 3.60. The Bertz CT molecular complexity index is 1170. The predicted molar refractivity (Wildman–Crippen MR) is 115 cm³/mol. The molecule has 4 aromatic rings. The summed E-state index contributed by atoms with van der Waals surface area (Å²) in [5.74, 6) is 1.41. The Labute approximate surface area is 177 Å². The Morgan fingerprint density at radius 3 is 2.70 bits per heavy atom. The first-order valence-corrected chi connectivity index (χ1v) is 10.3. The van der Waals surface area contributed by atoms with Gasteiger partial charge in [-0.2, -0.15) is 4.98 Å². The van der Waals surface area contributed by atoms with Gasteiger partial charge in [-0.05, 0) is 24.6 Å². The van der Waals surface area contributed by atoms with E-state index in [1.54, 1.807) is 23.6 Å². The van der Waals surface area contributed by atoms with Gasteiger partial charge in [0, 0.05) is 25.3 Å². The maximum Gasteiger partial charge on any atom is 0.296 e. The van der Waals surface area contributed by atoms with Crippen molar-refractivity contribution < 1.29 is 9.32 Å². The molecular formula is C21H20N6O2S. The van der Waals surface area contributed by atoms with Gasteiger partial charge in [0.2, 0.25) is 17.6 Å². The Morgan fingerprint density at radius 1 is 1.13 bits per heavy atom. The van der Waals surface area contributed by atoms with E-state index in [2.05, 4.69) is 20.3 Å². The Morgan fingerprint density at radius 2 is 1.93 bits per heavy atom. The number of benzene rings is 2. The van der Waals surface area contributed by atoms with Crippen molar-refractivity contribution in [3.8, 4) is 23.1 Å². The van der Waals surface area contributed by atoms with E-state index in [1.165, 1.54) is 11.8 Å². The summed E-state index contributed by atoms with van der Waals surface area (Å²) in [5.41, 5.74) is 2.82. The van der Waals surface area contributed by atoms with Crippen LogP contribution >= 0.6 is 11.8 Å². The minimum atomic E-state index is -0.0284. The van der Waals surface area contributed by atoms with Gasteiger partial charge in [0.25, 0.3) is 5.89 Å². The molecule has 0 unspecified atom stereocenters. The van der Waals surface area contributed by atoms with Crippen LogP contribution in [0.15, 0.2) is 64.3 Å². The molecule has 8 nitrogen and oxygen atoms in total. The third kappa shape index (κ3) is 4.11. The summed E-state index contributed by atoms with van der Waals surface area (Å²) in [7, 11) is 3.57. The zero-order valence-electron chi connectivity index (χ0n) is 16.8. The van der Waals surface area contributed by atoms with E-state index in [1.807, 2.05) is 61.5 Å². The molecule has 2 aromatic carbocycles. The lowest BCUT2D eigenvalue weighted by atomic mass is 10.2. The maximum atomic E-state index is 12.6. The average Bonchev–Trinajstić information content (AvgIpc) is 3.39. The van der Waals surface area contributed by atoms with Gasteiger partial charge in [0.1, 0.15) is 0 Å². The minimum Gasteiger partial charge on any atom is -0.330 e. The van der Waals surface area contributed by atoms with Gasteiger partial charge in [-0.1, -0.05) is 59.4 Å². The number of anilines is 1. The molecule has 0 aliphatic rings. The van der Waals surface area contributed by atoms with Gasteiger partial charge in [0.15, 0.2) is 5.16 Å². The normalized spacial score (nSPS) is 10.9. The molecule has 0 radical (unpaired) electrons. The Hall–Kier alpha value is -3.46. The number of aromatic nitrogens is 5. The quantitative estimate of drug-likeness (QED) is 0.440. The summed E-state index contributed by atoms with van der Waals surface area (Å²) in [4.78, 5) is 18.6. The van der Waals surface area contributed by atoms with E-state index in [4.69, 9.17) is 4.52 Å². The number of carbonyl (C=O) groups is 1. The van der Waals surface area contributed by atoms with Crippen LogP contribution in [0.4, 0.5) is 5.69 Å². The lowest BCUT2D eigenvalue weighted by Crippen LogP contribution is -2.28. The van der Waals surface area contributed by atoms with Gasteiger partial charge in [0.05, 0.1) is 5.75 Å². The highest BCUT2D eigenvalue weighted by Gasteiger charge is 2.20. The third-order valence-electron chi connectivity index (χ3n) is 4.57. The lowest BCUT2D eigenvalue weighted by Gasteiger charge is -2.17. The number of hydrogen-bond acceptors (Lipinski definition) is 7. The van der Waals surface area contributed by atoms with E-state index < -0.39 is 0 Å². The van der Waals surface area contributed by atoms with Gasteiger partial charge in [-0.15, -0.1) is 10.2 Å².